The van der Waals surface area contributed by atoms with Crippen LogP contribution in [0.4, 0.5) is 0 Å². The van der Waals surface area contributed by atoms with Crippen LogP contribution in [0.5, 0.6) is 0 Å². The maximum absolute atomic E-state index is 12.4. The summed E-state index contributed by atoms with van der Waals surface area (Å²) in [6, 6.07) is 23.1. The number of quaternary nitrogens is 1. The Bertz CT molecular complexity index is 813. The molecule has 0 aliphatic heterocycles. The first-order chi connectivity index (χ1) is 12.6. The molecule has 0 spiro atoms. The first-order valence-corrected chi connectivity index (χ1v) is 9.79. The maximum atomic E-state index is 12.4. The number of carbonyl (C=O) groups is 1. The van der Waals surface area contributed by atoms with E-state index in [0.717, 1.165) is 0 Å². The minimum Gasteiger partial charge on any atom is -0.344 e. The van der Waals surface area contributed by atoms with Crippen LogP contribution >= 0.6 is 11.3 Å². The largest absolute Gasteiger partial charge is 0.344 e. The third-order valence-electron chi connectivity index (χ3n) is 4.48. The van der Waals surface area contributed by atoms with Crippen LogP contribution in [0, 0.1) is 6.92 Å². The fourth-order valence-electron chi connectivity index (χ4n) is 3.03. The number of hydrogen-bond acceptors (Lipinski definition) is 2. The number of benzene rings is 2. The van der Waals surface area contributed by atoms with E-state index in [4.69, 9.17) is 0 Å². The quantitative estimate of drug-likeness (QED) is 0.660. The standard InChI is InChI=1S/C22H24N2OS/c1-16-10-12-19(13-11-16)22(18-7-4-3-5-8-18)23-15-21(25)24-17(2)20-9-6-14-26-20/h3-14,17,22-23H,15H2,1-2H3,(H,24,25)/p+1/t17-,22-/m1/s1. The summed E-state index contributed by atoms with van der Waals surface area (Å²) in [4.78, 5) is 13.6. The summed E-state index contributed by atoms with van der Waals surface area (Å²) in [5.41, 5.74) is 3.65. The van der Waals surface area contributed by atoms with Crippen LogP contribution in [-0.2, 0) is 4.79 Å². The first-order valence-electron chi connectivity index (χ1n) is 8.91. The molecule has 3 rings (SSSR count). The van der Waals surface area contributed by atoms with E-state index in [2.05, 4.69) is 60.0 Å². The van der Waals surface area contributed by atoms with Gasteiger partial charge in [0, 0.05) is 16.0 Å². The molecule has 3 N–H and O–H groups in total. The third-order valence-corrected chi connectivity index (χ3v) is 5.54. The van der Waals surface area contributed by atoms with Gasteiger partial charge in [0.1, 0.15) is 6.04 Å². The van der Waals surface area contributed by atoms with Gasteiger partial charge < -0.3 is 10.6 Å². The molecule has 26 heavy (non-hydrogen) atoms. The van der Waals surface area contributed by atoms with Gasteiger partial charge >= 0.3 is 0 Å². The van der Waals surface area contributed by atoms with Crippen LogP contribution in [0.3, 0.4) is 0 Å². The number of rotatable bonds is 7. The van der Waals surface area contributed by atoms with Gasteiger partial charge in [0.15, 0.2) is 6.54 Å². The Balaban J connectivity index is 1.68. The van der Waals surface area contributed by atoms with Crippen molar-refractivity contribution in [3.05, 3.63) is 93.7 Å². The molecule has 0 fully saturated rings. The van der Waals surface area contributed by atoms with Gasteiger partial charge in [0.05, 0.1) is 6.04 Å². The van der Waals surface area contributed by atoms with Gasteiger partial charge in [0.25, 0.3) is 5.91 Å². The summed E-state index contributed by atoms with van der Waals surface area (Å²) in [6.07, 6.45) is 0. The maximum Gasteiger partial charge on any atom is 0.275 e. The van der Waals surface area contributed by atoms with Crippen molar-refractivity contribution in [2.75, 3.05) is 6.54 Å². The van der Waals surface area contributed by atoms with Gasteiger partial charge in [-0.15, -0.1) is 11.3 Å². The minimum absolute atomic E-state index is 0.0467. The molecule has 3 aromatic rings. The van der Waals surface area contributed by atoms with Gasteiger partial charge in [-0.1, -0.05) is 66.2 Å². The van der Waals surface area contributed by atoms with Crippen molar-refractivity contribution in [1.82, 2.24) is 5.32 Å². The van der Waals surface area contributed by atoms with E-state index in [0.29, 0.717) is 6.54 Å². The molecule has 4 heteroatoms. The lowest BCUT2D eigenvalue weighted by Crippen LogP contribution is -2.87. The molecule has 0 saturated heterocycles. The summed E-state index contributed by atoms with van der Waals surface area (Å²) >= 11 is 1.67. The van der Waals surface area contributed by atoms with Gasteiger partial charge in [-0.3, -0.25) is 4.79 Å². The Morgan fingerprint density at radius 2 is 1.69 bits per heavy atom. The van der Waals surface area contributed by atoms with E-state index in [1.165, 1.54) is 21.6 Å². The van der Waals surface area contributed by atoms with Crippen LogP contribution in [0.25, 0.3) is 0 Å². The Morgan fingerprint density at radius 1 is 1.00 bits per heavy atom. The molecule has 1 amide bonds. The van der Waals surface area contributed by atoms with Crippen molar-refractivity contribution in [2.24, 2.45) is 0 Å². The number of nitrogens with two attached hydrogens (primary N) is 1. The first kappa shape index (κ1) is 18.4. The highest BCUT2D eigenvalue weighted by Gasteiger charge is 2.19. The van der Waals surface area contributed by atoms with E-state index in [9.17, 15) is 4.79 Å². The molecular formula is C22H25N2OS+. The zero-order chi connectivity index (χ0) is 18.4. The molecule has 134 valence electrons. The Kier molecular flexibility index (Phi) is 6.21. The zero-order valence-corrected chi connectivity index (χ0v) is 16.0. The predicted octanol–water partition coefficient (Wildman–Crippen LogP) is 3.59. The Labute approximate surface area is 159 Å². The lowest BCUT2D eigenvalue weighted by Gasteiger charge is -2.18. The van der Waals surface area contributed by atoms with Crippen molar-refractivity contribution >= 4 is 17.2 Å². The fraction of sp³-hybridized carbons (Fsp3) is 0.227. The highest BCUT2D eigenvalue weighted by Crippen LogP contribution is 2.19. The number of nitrogens with one attached hydrogen (secondary N) is 1. The van der Waals surface area contributed by atoms with Gasteiger partial charge in [-0.05, 0) is 25.3 Å². The lowest BCUT2D eigenvalue weighted by molar-refractivity contribution is -0.676. The molecule has 0 radical (unpaired) electrons. The number of thiophene rings is 1. The van der Waals surface area contributed by atoms with Crippen molar-refractivity contribution in [3.63, 3.8) is 0 Å². The molecule has 0 unspecified atom stereocenters. The topological polar surface area (TPSA) is 45.7 Å². The zero-order valence-electron chi connectivity index (χ0n) is 15.2. The summed E-state index contributed by atoms with van der Waals surface area (Å²) in [7, 11) is 0. The number of aryl methyl sites for hydroxylation is 1. The van der Waals surface area contributed by atoms with Crippen LogP contribution < -0.4 is 10.6 Å². The number of hydrogen-bond donors (Lipinski definition) is 2. The highest BCUT2D eigenvalue weighted by molar-refractivity contribution is 7.10. The monoisotopic (exact) mass is 365 g/mol. The molecule has 2 atom stereocenters. The molecule has 2 aromatic carbocycles. The summed E-state index contributed by atoms with van der Waals surface area (Å²) in [5.74, 6) is 0.0546. The molecule has 1 aromatic heterocycles. The van der Waals surface area contributed by atoms with Gasteiger partial charge in [0.2, 0.25) is 0 Å². The van der Waals surface area contributed by atoms with Crippen molar-refractivity contribution in [2.45, 2.75) is 25.9 Å². The summed E-state index contributed by atoms with van der Waals surface area (Å²) < 4.78 is 0. The number of amides is 1. The summed E-state index contributed by atoms with van der Waals surface area (Å²) in [6.45, 7) is 4.51. The third kappa shape index (κ3) is 4.81. The smallest absolute Gasteiger partial charge is 0.275 e. The molecule has 0 aliphatic rings. The van der Waals surface area contributed by atoms with Crippen LogP contribution in [0.15, 0.2) is 72.1 Å². The van der Waals surface area contributed by atoms with E-state index in [-0.39, 0.29) is 18.0 Å². The van der Waals surface area contributed by atoms with Crippen LogP contribution in [-0.4, -0.2) is 12.5 Å². The average molecular weight is 366 g/mol. The van der Waals surface area contributed by atoms with Gasteiger partial charge in [-0.25, -0.2) is 0 Å². The number of carbonyl (C=O) groups excluding carboxylic acids is 1. The van der Waals surface area contributed by atoms with E-state index in [1.54, 1.807) is 11.3 Å². The molecule has 0 saturated carbocycles. The van der Waals surface area contributed by atoms with Crippen molar-refractivity contribution < 1.29 is 10.1 Å². The average Bonchev–Trinajstić information content (AvgIpc) is 3.19. The lowest BCUT2D eigenvalue weighted by atomic mass is 9.98. The second-order valence-corrected chi connectivity index (χ2v) is 7.52. The van der Waals surface area contributed by atoms with Crippen molar-refractivity contribution in [1.29, 1.82) is 0 Å². The Morgan fingerprint density at radius 3 is 2.35 bits per heavy atom. The van der Waals surface area contributed by atoms with E-state index >= 15 is 0 Å². The second kappa shape index (κ2) is 8.79. The predicted molar refractivity (Wildman–Crippen MR) is 107 cm³/mol. The molecule has 3 nitrogen and oxygen atoms in total. The fourth-order valence-corrected chi connectivity index (χ4v) is 3.77. The van der Waals surface area contributed by atoms with E-state index in [1.807, 2.05) is 36.6 Å². The normalized spacial score (nSPS) is 13.2. The van der Waals surface area contributed by atoms with E-state index < -0.39 is 0 Å². The van der Waals surface area contributed by atoms with Crippen LogP contribution in [0.2, 0.25) is 0 Å². The van der Waals surface area contributed by atoms with Crippen LogP contribution in [0.1, 0.15) is 40.6 Å². The minimum atomic E-state index is 0.0467. The highest BCUT2D eigenvalue weighted by atomic mass is 32.1. The van der Waals surface area contributed by atoms with Gasteiger partial charge in [-0.2, -0.15) is 0 Å². The molecule has 0 bridgehead atoms. The molecular weight excluding hydrogens is 340 g/mol. The molecule has 1 heterocycles. The molecule has 0 aliphatic carbocycles. The Hall–Kier alpha value is -2.43. The van der Waals surface area contributed by atoms with Crippen molar-refractivity contribution in [3.8, 4) is 0 Å². The SMILES string of the molecule is Cc1ccc([C@H]([NH2+]CC(=O)N[C@H](C)c2cccs2)c2ccccc2)cc1. The summed E-state index contributed by atoms with van der Waals surface area (Å²) in [5, 5.41) is 7.23. The second-order valence-electron chi connectivity index (χ2n) is 6.54.